The summed E-state index contributed by atoms with van der Waals surface area (Å²) in [6.45, 7) is 16.1. The van der Waals surface area contributed by atoms with Crippen molar-refractivity contribution in [3.05, 3.63) is 58.1 Å². The lowest BCUT2D eigenvalue weighted by atomic mass is 9.84. The highest BCUT2D eigenvalue weighted by Gasteiger charge is 2.19. The molecule has 2 N–H and O–H groups in total. The number of aldehydes is 1. The lowest BCUT2D eigenvalue weighted by Crippen LogP contribution is -2.12. The number of carbonyl (C=O) groups excluding carboxylic acids is 1. The van der Waals surface area contributed by atoms with Gasteiger partial charge in [-0.15, -0.1) is 0 Å². The molecule has 0 unspecified atom stereocenters. The Bertz CT molecular complexity index is 775. The Morgan fingerprint density at radius 1 is 0.778 bits per heavy atom. The van der Waals surface area contributed by atoms with E-state index in [0.29, 0.717) is 11.3 Å². The van der Waals surface area contributed by atoms with Crippen LogP contribution in [0.3, 0.4) is 0 Å². The number of phenolic OH excluding ortho intramolecular Hbond substituents is 2. The molecule has 0 spiro atoms. The third-order valence-electron chi connectivity index (χ3n) is 4.28. The summed E-state index contributed by atoms with van der Waals surface area (Å²) >= 11 is 0. The number of aryl methyl sites for hydroxylation is 2. The number of rotatable bonds is 1. The Hall–Kier alpha value is -2.29. The summed E-state index contributed by atoms with van der Waals surface area (Å²) in [6, 6.07) is 9.23. The van der Waals surface area contributed by atoms with Crippen molar-refractivity contribution in [2.75, 3.05) is 0 Å². The zero-order valence-corrected chi connectivity index (χ0v) is 17.3. The van der Waals surface area contributed by atoms with Crippen LogP contribution in [0, 0.1) is 13.8 Å². The maximum atomic E-state index is 10.7. The predicted octanol–water partition coefficient (Wildman–Crippen LogP) is 6.44. The summed E-state index contributed by atoms with van der Waals surface area (Å²) < 4.78 is 0. The minimum Gasteiger partial charge on any atom is -0.508 e. The van der Waals surface area contributed by atoms with Crippen molar-refractivity contribution >= 4 is 6.29 Å². The van der Waals surface area contributed by atoms with Crippen LogP contribution in [-0.2, 0) is 10.8 Å². The molecular weight excluding hydrogens is 336 g/mol. The van der Waals surface area contributed by atoms with Crippen LogP contribution in [0.25, 0.3) is 0 Å². The molecule has 2 rings (SSSR count). The monoisotopic (exact) mass is 372 g/mol. The summed E-state index contributed by atoms with van der Waals surface area (Å²) in [5, 5.41) is 19.4. The first-order valence-corrected chi connectivity index (χ1v) is 8.86. The molecule has 0 aliphatic heterocycles. The van der Waals surface area contributed by atoms with Gasteiger partial charge in [-0.25, -0.2) is 0 Å². The molecule has 0 atom stereocenters. The van der Waals surface area contributed by atoms with E-state index in [1.807, 2.05) is 46.8 Å². The van der Waals surface area contributed by atoms with Crippen LogP contribution < -0.4 is 0 Å². The number of benzene rings is 2. The van der Waals surface area contributed by atoms with Gasteiger partial charge in [0, 0.05) is 5.56 Å². The van der Waals surface area contributed by atoms with E-state index in [-0.39, 0.29) is 24.0 Å². The van der Waals surface area contributed by atoms with E-state index in [1.54, 1.807) is 18.2 Å². The molecule has 0 saturated carbocycles. The fraction of sp³-hybridized carbons (Fsp3) is 0.458. The second-order valence-corrected chi connectivity index (χ2v) is 8.86. The van der Waals surface area contributed by atoms with Crippen molar-refractivity contribution in [1.29, 1.82) is 0 Å². The third-order valence-corrected chi connectivity index (χ3v) is 4.28. The number of hydrogen-bond acceptors (Lipinski definition) is 3. The average Bonchev–Trinajstić information content (AvgIpc) is 2.45. The summed E-state index contributed by atoms with van der Waals surface area (Å²) in [6.07, 6.45) is 0.823. The smallest absolute Gasteiger partial charge is 0.150 e. The summed E-state index contributed by atoms with van der Waals surface area (Å²) in [5.74, 6) is 0.670. The van der Waals surface area contributed by atoms with Crippen molar-refractivity contribution in [3.63, 3.8) is 0 Å². The third kappa shape index (κ3) is 6.74. The highest BCUT2D eigenvalue weighted by atomic mass is 16.3. The molecule has 150 valence electrons. The van der Waals surface area contributed by atoms with Gasteiger partial charge in [0.15, 0.2) is 0 Å². The van der Waals surface area contributed by atoms with E-state index in [1.165, 1.54) is 0 Å². The number of hydrogen-bond donors (Lipinski definition) is 2. The van der Waals surface area contributed by atoms with Gasteiger partial charge >= 0.3 is 0 Å². The first-order chi connectivity index (χ1) is 11.8. The summed E-state index contributed by atoms with van der Waals surface area (Å²) in [5.41, 5.74) is 4.25. The van der Waals surface area contributed by atoms with E-state index in [2.05, 4.69) is 20.8 Å². The van der Waals surface area contributed by atoms with Gasteiger partial charge in [0.2, 0.25) is 0 Å². The van der Waals surface area contributed by atoms with Crippen LogP contribution in [0.4, 0.5) is 0 Å². The number of phenols is 2. The molecule has 0 heterocycles. The molecule has 2 aromatic rings. The van der Waals surface area contributed by atoms with Gasteiger partial charge in [-0.3, -0.25) is 4.79 Å². The van der Waals surface area contributed by atoms with Gasteiger partial charge in [-0.05, 0) is 65.1 Å². The predicted molar refractivity (Wildman–Crippen MR) is 115 cm³/mol. The number of aromatic hydroxyl groups is 2. The van der Waals surface area contributed by atoms with Crippen molar-refractivity contribution in [2.24, 2.45) is 0 Å². The van der Waals surface area contributed by atoms with Crippen LogP contribution in [0.15, 0.2) is 30.3 Å². The van der Waals surface area contributed by atoms with Crippen LogP contribution >= 0.6 is 0 Å². The molecule has 0 amide bonds. The standard InChI is InChI=1S/C12H16O2.C11H16O.CH4/c1-8-5-11(14)10(12(2,3)4)6-9(8)7-13;1-8-5-6-9(10(12)7-8)11(2,3)4;/h5-7,14H,1-4H3;5-7,12H,1-4H3;1H4. The first kappa shape index (κ1) is 24.7. The summed E-state index contributed by atoms with van der Waals surface area (Å²) in [7, 11) is 0. The molecule has 0 aromatic heterocycles. The van der Waals surface area contributed by atoms with Gasteiger partial charge < -0.3 is 10.2 Å². The quantitative estimate of drug-likeness (QED) is 0.566. The highest BCUT2D eigenvalue weighted by Crippen LogP contribution is 2.32. The van der Waals surface area contributed by atoms with Crippen molar-refractivity contribution in [1.82, 2.24) is 0 Å². The largest absolute Gasteiger partial charge is 0.508 e. The van der Waals surface area contributed by atoms with Crippen LogP contribution in [-0.4, -0.2) is 16.5 Å². The molecule has 3 heteroatoms. The zero-order chi connectivity index (χ0) is 20.3. The van der Waals surface area contributed by atoms with E-state index in [0.717, 1.165) is 28.5 Å². The molecule has 0 bridgehead atoms. The van der Waals surface area contributed by atoms with E-state index in [4.69, 9.17) is 0 Å². The maximum absolute atomic E-state index is 10.7. The molecule has 2 aromatic carbocycles. The van der Waals surface area contributed by atoms with Crippen LogP contribution in [0.2, 0.25) is 0 Å². The van der Waals surface area contributed by atoms with Gasteiger partial charge in [0.05, 0.1) is 0 Å². The van der Waals surface area contributed by atoms with Gasteiger partial charge in [-0.2, -0.15) is 0 Å². The first-order valence-electron chi connectivity index (χ1n) is 8.86. The van der Waals surface area contributed by atoms with E-state index in [9.17, 15) is 15.0 Å². The van der Waals surface area contributed by atoms with Gasteiger partial charge in [-0.1, -0.05) is 61.1 Å². The zero-order valence-electron chi connectivity index (χ0n) is 17.3. The van der Waals surface area contributed by atoms with E-state index < -0.39 is 0 Å². The Morgan fingerprint density at radius 3 is 1.67 bits per heavy atom. The highest BCUT2D eigenvalue weighted by molar-refractivity contribution is 5.78. The van der Waals surface area contributed by atoms with Crippen molar-refractivity contribution in [2.45, 2.75) is 73.6 Å². The minimum absolute atomic E-state index is 0. The average molecular weight is 373 g/mol. The van der Waals surface area contributed by atoms with Crippen molar-refractivity contribution < 1.29 is 15.0 Å². The van der Waals surface area contributed by atoms with E-state index >= 15 is 0 Å². The van der Waals surface area contributed by atoms with Crippen LogP contribution in [0.5, 0.6) is 11.5 Å². The Morgan fingerprint density at radius 2 is 1.26 bits per heavy atom. The molecule has 0 radical (unpaired) electrons. The topological polar surface area (TPSA) is 57.5 Å². The Balaban J connectivity index is 0.000000488. The molecule has 0 aliphatic carbocycles. The molecule has 0 fully saturated rings. The second-order valence-electron chi connectivity index (χ2n) is 8.86. The number of carbonyl (C=O) groups is 1. The minimum atomic E-state index is -0.143. The second kappa shape index (κ2) is 9.07. The molecular formula is C24H36O3. The fourth-order valence-electron chi connectivity index (χ4n) is 2.71. The molecule has 0 saturated heterocycles. The van der Waals surface area contributed by atoms with Crippen molar-refractivity contribution in [3.8, 4) is 11.5 Å². The van der Waals surface area contributed by atoms with Gasteiger partial charge in [0.25, 0.3) is 0 Å². The Labute approximate surface area is 165 Å². The maximum Gasteiger partial charge on any atom is 0.150 e. The van der Waals surface area contributed by atoms with Gasteiger partial charge in [0.1, 0.15) is 17.8 Å². The lowest BCUT2D eigenvalue weighted by molar-refractivity contribution is 0.112. The fourth-order valence-corrected chi connectivity index (χ4v) is 2.71. The SMILES string of the molecule is C.Cc1cc(O)c(C(C)(C)C)cc1C=O.Cc1ccc(C(C)(C)C)c(O)c1. The normalized spacial score (nSPS) is 11.1. The molecule has 27 heavy (non-hydrogen) atoms. The summed E-state index contributed by atoms with van der Waals surface area (Å²) in [4.78, 5) is 10.7. The Kier molecular flexibility index (Phi) is 8.30. The van der Waals surface area contributed by atoms with Crippen LogP contribution in [0.1, 0.15) is 81.6 Å². The molecule has 0 aliphatic rings. The molecule has 3 nitrogen and oxygen atoms in total. The lowest BCUT2D eigenvalue weighted by Gasteiger charge is -2.21.